The molecule has 0 bridgehead atoms. The molecule has 1 aromatic heterocycles. The maximum Gasteiger partial charge on any atom is 0.401 e. The van der Waals surface area contributed by atoms with Gasteiger partial charge in [-0.2, -0.15) is 13.2 Å². The van der Waals surface area contributed by atoms with E-state index in [4.69, 9.17) is 0 Å². The fraction of sp³-hybridized carbons (Fsp3) is 0.231. The van der Waals surface area contributed by atoms with Crippen molar-refractivity contribution in [1.29, 1.82) is 0 Å². The van der Waals surface area contributed by atoms with Crippen molar-refractivity contribution >= 4 is 16.7 Å². The highest BCUT2D eigenvalue weighted by Gasteiger charge is 2.26. The van der Waals surface area contributed by atoms with Crippen molar-refractivity contribution in [2.75, 3.05) is 13.1 Å². The number of alkyl halides is 3. The van der Waals surface area contributed by atoms with Gasteiger partial charge in [-0.3, -0.25) is 9.78 Å². The van der Waals surface area contributed by atoms with Crippen LogP contribution in [0.25, 0.3) is 10.9 Å². The van der Waals surface area contributed by atoms with E-state index in [-0.39, 0.29) is 12.3 Å². The minimum absolute atomic E-state index is 0.342. The van der Waals surface area contributed by atoms with Crippen LogP contribution >= 0.6 is 0 Å². The van der Waals surface area contributed by atoms with Gasteiger partial charge in [-0.25, -0.2) is 0 Å². The minimum Gasteiger partial charge on any atom is -0.302 e. The molecule has 0 aliphatic heterocycles. The summed E-state index contributed by atoms with van der Waals surface area (Å²) in [5.74, 6) is -0.380. The zero-order valence-electron chi connectivity index (χ0n) is 9.87. The number of carbonyl (C=O) groups is 1. The van der Waals surface area contributed by atoms with Crippen LogP contribution in [0.15, 0.2) is 36.5 Å². The summed E-state index contributed by atoms with van der Waals surface area (Å²) in [5, 5.41) is 2.86. The fourth-order valence-electron chi connectivity index (χ4n) is 1.67. The van der Waals surface area contributed by atoms with Gasteiger partial charge in [0.25, 0.3) is 0 Å². The van der Waals surface area contributed by atoms with E-state index in [2.05, 4.69) is 10.3 Å². The number of carbonyl (C=O) groups excluding carboxylic acids is 1. The first-order valence-corrected chi connectivity index (χ1v) is 5.61. The van der Waals surface area contributed by atoms with Gasteiger partial charge in [-0.1, -0.05) is 6.07 Å². The highest BCUT2D eigenvalue weighted by Crippen LogP contribution is 2.14. The Kier molecular flexibility index (Phi) is 3.80. The molecule has 0 unspecified atom stereocenters. The van der Waals surface area contributed by atoms with Gasteiger partial charge in [0.1, 0.15) is 0 Å². The Balaban J connectivity index is 2.05. The number of nitrogens with one attached hydrogen (secondary N) is 1. The van der Waals surface area contributed by atoms with Crippen LogP contribution in [0.1, 0.15) is 10.4 Å². The largest absolute Gasteiger partial charge is 0.401 e. The summed E-state index contributed by atoms with van der Waals surface area (Å²) in [5.41, 5.74) is 1.11. The van der Waals surface area contributed by atoms with Gasteiger partial charge in [0.05, 0.1) is 18.6 Å². The molecule has 0 aliphatic rings. The van der Waals surface area contributed by atoms with Gasteiger partial charge >= 0.3 is 6.18 Å². The molecule has 0 fully saturated rings. The van der Waals surface area contributed by atoms with E-state index < -0.39 is 12.7 Å². The first kappa shape index (κ1) is 13.5. The number of halogens is 3. The Labute approximate surface area is 107 Å². The molecule has 3 nitrogen and oxygen atoms in total. The standard InChI is InChI=1S/C13H11F3N2O/c14-13(15,16)8-17-7-12(19)10-3-4-11-9(6-10)2-1-5-18-11/h1-6,17H,7-8H2. The molecule has 0 saturated carbocycles. The van der Waals surface area contributed by atoms with Gasteiger partial charge in [-0.05, 0) is 24.3 Å². The number of nitrogens with zero attached hydrogens (tertiary/aromatic N) is 1. The second-order valence-corrected chi connectivity index (χ2v) is 4.05. The molecular weight excluding hydrogens is 257 g/mol. The van der Waals surface area contributed by atoms with Crippen LogP contribution in [-0.2, 0) is 0 Å². The maximum atomic E-state index is 11.9. The van der Waals surface area contributed by atoms with E-state index in [0.717, 1.165) is 10.9 Å². The Hall–Kier alpha value is -1.95. The minimum atomic E-state index is -4.31. The second-order valence-electron chi connectivity index (χ2n) is 4.05. The van der Waals surface area contributed by atoms with E-state index in [0.29, 0.717) is 5.56 Å². The summed E-state index contributed by atoms with van der Waals surface area (Å²) >= 11 is 0. The van der Waals surface area contributed by atoms with E-state index >= 15 is 0 Å². The van der Waals surface area contributed by atoms with Crippen LogP contribution in [0.2, 0.25) is 0 Å². The van der Waals surface area contributed by atoms with Gasteiger partial charge in [0.2, 0.25) is 0 Å². The maximum absolute atomic E-state index is 11.9. The first-order chi connectivity index (χ1) is 8.96. The summed E-state index contributed by atoms with van der Waals surface area (Å²) in [4.78, 5) is 15.8. The normalized spacial score (nSPS) is 11.7. The molecule has 0 saturated heterocycles. The second kappa shape index (κ2) is 5.36. The van der Waals surface area contributed by atoms with Crippen molar-refractivity contribution in [3.63, 3.8) is 0 Å². The third-order valence-electron chi connectivity index (χ3n) is 2.54. The molecule has 0 spiro atoms. The molecule has 1 aromatic carbocycles. The van der Waals surface area contributed by atoms with E-state index in [9.17, 15) is 18.0 Å². The number of benzene rings is 1. The van der Waals surface area contributed by atoms with Crippen LogP contribution in [0.3, 0.4) is 0 Å². The van der Waals surface area contributed by atoms with Crippen LogP contribution < -0.4 is 5.32 Å². The average Bonchev–Trinajstić information content (AvgIpc) is 2.36. The topological polar surface area (TPSA) is 42.0 Å². The number of ketones is 1. The number of rotatable bonds is 4. The number of pyridine rings is 1. The quantitative estimate of drug-likeness (QED) is 0.866. The Bertz CT molecular complexity index is 596. The van der Waals surface area contributed by atoms with Crippen molar-refractivity contribution in [3.8, 4) is 0 Å². The lowest BCUT2D eigenvalue weighted by Crippen LogP contribution is -2.32. The van der Waals surface area contributed by atoms with Gasteiger partial charge in [0.15, 0.2) is 5.78 Å². The number of aromatic nitrogens is 1. The number of hydrogen-bond acceptors (Lipinski definition) is 3. The fourth-order valence-corrected chi connectivity index (χ4v) is 1.67. The Morgan fingerprint density at radius 1 is 1.26 bits per heavy atom. The summed E-state index contributed by atoms with van der Waals surface area (Å²) in [7, 11) is 0. The molecule has 6 heteroatoms. The van der Waals surface area contributed by atoms with Gasteiger partial charge < -0.3 is 5.32 Å². The van der Waals surface area contributed by atoms with Crippen molar-refractivity contribution in [3.05, 3.63) is 42.1 Å². The lowest BCUT2D eigenvalue weighted by molar-refractivity contribution is -0.124. The van der Waals surface area contributed by atoms with E-state index in [1.807, 2.05) is 0 Å². The summed E-state index contributed by atoms with van der Waals surface area (Å²) in [6.07, 6.45) is -2.68. The number of fused-ring (bicyclic) bond motifs is 1. The summed E-state index contributed by atoms with van der Waals surface area (Å²) in [6, 6.07) is 8.39. The lowest BCUT2D eigenvalue weighted by Gasteiger charge is -2.07. The predicted octanol–water partition coefficient (Wildman–Crippen LogP) is 2.57. The summed E-state index contributed by atoms with van der Waals surface area (Å²) < 4.78 is 35.8. The van der Waals surface area contributed by atoms with Crippen LogP contribution in [0.5, 0.6) is 0 Å². The highest BCUT2D eigenvalue weighted by molar-refractivity contribution is 6.00. The van der Waals surface area contributed by atoms with Crippen LogP contribution in [0.4, 0.5) is 13.2 Å². The zero-order chi connectivity index (χ0) is 13.9. The first-order valence-electron chi connectivity index (χ1n) is 5.61. The average molecular weight is 268 g/mol. The predicted molar refractivity (Wildman–Crippen MR) is 65.0 cm³/mol. The van der Waals surface area contributed by atoms with Gasteiger partial charge in [0, 0.05) is 17.1 Å². The smallest absolute Gasteiger partial charge is 0.302 e. The molecule has 100 valence electrons. The van der Waals surface area contributed by atoms with Crippen LogP contribution in [0, 0.1) is 0 Å². The molecule has 0 radical (unpaired) electrons. The molecule has 2 aromatic rings. The Morgan fingerprint density at radius 2 is 2.05 bits per heavy atom. The molecular formula is C13H11F3N2O. The highest BCUT2D eigenvalue weighted by atomic mass is 19.4. The van der Waals surface area contributed by atoms with Crippen molar-refractivity contribution in [2.45, 2.75) is 6.18 Å². The molecule has 0 atom stereocenters. The van der Waals surface area contributed by atoms with Crippen molar-refractivity contribution in [1.82, 2.24) is 10.3 Å². The monoisotopic (exact) mass is 268 g/mol. The number of hydrogen-bond donors (Lipinski definition) is 1. The van der Waals surface area contributed by atoms with Crippen molar-refractivity contribution in [2.24, 2.45) is 0 Å². The summed E-state index contributed by atoms with van der Waals surface area (Å²) in [6.45, 7) is -1.51. The van der Waals surface area contributed by atoms with Crippen LogP contribution in [-0.4, -0.2) is 30.0 Å². The third-order valence-corrected chi connectivity index (χ3v) is 2.54. The van der Waals surface area contributed by atoms with Gasteiger partial charge in [-0.15, -0.1) is 0 Å². The third kappa shape index (κ3) is 3.75. The molecule has 1 heterocycles. The Morgan fingerprint density at radius 3 is 2.79 bits per heavy atom. The molecule has 1 N–H and O–H groups in total. The van der Waals surface area contributed by atoms with E-state index in [1.165, 1.54) is 0 Å². The molecule has 0 aliphatic carbocycles. The van der Waals surface area contributed by atoms with E-state index in [1.54, 1.807) is 36.5 Å². The molecule has 19 heavy (non-hydrogen) atoms. The zero-order valence-corrected chi connectivity index (χ0v) is 9.87. The number of Topliss-reactive ketones (excluding diaryl/α,β-unsaturated/α-hetero) is 1. The molecule has 2 rings (SSSR count). The SMILES string of the molecule is O=C(CNCC(F)(F)F)c1ccc2ncccc2c1. The van der Waals surface area contributed by atoms with Crippen molar-refractivity contribution < 1.29 is 18.0 Å². The lowest BCUT2D eigenvalue weighted by atomic mass is 10.1. The molecule has 0 amide bonds.